The van der Waals surface area contributed by atoms with Gasteiger partial charge in [-0.2, -0.15) is 0 Å². The van der Waals surface area contributed by atoms with Crippen LogP contribution in [0.3, 0.4) is 0 Å². The third-order valence-corrected chi connectivity index (χ3v) is 3.62. The highest BCUT2D eigenvalue weighted by Crippen LogP contribution is 2.18. The van der Waals surface area contributed by atoms with E-state index in [1.165, 1.54) is 0 Å². The average molecular weight is 278 g/mol. The largest absolute Gasteiger partial charge is 0.480 e. The van der Waals surface area contributed by atoms with Crippen LogP contribution in [0, 0.1) is 6.92 Å². The zero-order valence-corrected chi connectivity index (χ0v) is 12.3. The molecule has 1 atom stereocenters. The number of carboxylic acid groups (broad SMARTS) is 1. The lowest BCUT2D eigenvalue weighted by molar-refractivity contribution is -0.142. The smallest absolute Gasteiger partial charge is 0.322 e. The monoisotopic (exact) mass is 278 g/mol. The molecule has 1 aromatic heterocycles. The van der Waals surface area contributed by atoms with Crippen LogP contribution in [0.25, 0.3) is 0 Å². The maximum absolute atomic E-state index is 11.3. The first kappa shape index (κ1) is 14.7. The number of hydrogen-bond donors (Lipinski definition) is 1. The average Bonchev–Trinajstić information content (AvgIpc) is 2.38. The van der Waals surface area contributed by atoms with Gasteiger partial charge in [0, 0.05) is 37.8 Å². The third-order valence-electron chi connectivity index (χ3n) is 3.62. The number of carboxylic acids is 1. The number of aromatic nitrogens is 2. The van der Waals surface area contributed by atoms with E-state index >= 15 is 0 Å². The summed E-state index contributed by atoms with van der Waals surface area (Å²) in [5.41, 5.74) is 0.934. The molecule has 1 aromatic rings. The van der Waals surface area contributed by atoms with Gasteiger partial charge in [-0.1, -0.05) is 6.92 Å². The van der Waals surface area contributed by atoms with E-state index in [-0.39, 0.29) is 0 Å². The molecule has 0 aromatic carbocycles. The quantitative estimate of drug-likeness (QED) is 0.884. The van der Waals surface area contributed by atoms with Crippen LogP contribution >= 0.6 is 0 Å². The van der Waals surface area contributed by atoms with E-state index < -0.39 is 12.0 Å². The molecule has 0 spiro atoms. The summed E-state index contributed by atoms with van der Waals surface area (Å²) in [6.07, 6.45) is 1.86. The zero-order valence-electron chi connectivity index (χ0n) is 12.3. The molecular weight excluding hydrogens is 256 g/mol. The van der Waals surface area contributed by atoms with Gasteiger partial charge < -0.3 is 10.0 Å². The molecule has 6 nitrogen and oxygen atoms in total. The molecule has 2 rings (SSSR count). The molecule has 6 heteroatoms. The number of rotatable bonds is 4. The van der Waals surface area contributed by atoms with E-state index in [1.807, 2.05) is 29.8 Å². The minimum absolute atomic E-state index is 0.466. The highest BCUT2D eigenvalue weighted by molar-refractivity contribution is 5.74. The van der Waals surface area contributed by atoms with Gasteiger partial charge in [-0.3, -0.25) is 9.69 Å². The summed E-state index contributed by atoms with van der Waals surface area (Å²) in [6.45, 7) is 6.04. The Bertz CT molecular complexity index is 492. The van der Waals surface area contributed by atoms with E-state index in [2.05, 4.69) is 16.9 Å². The summed E-state index contributed by atoms with van der Waals surface area (Å²) in [7, 11) is 1.85. The van der Waals surface area contributed by atoms with Crippen molar-refractivity contribution in [3.63, 3.8) is 0 Å². The Morgan fingerprint density at radius 1 is 1.45 bits per heavy atom. The standard InChI is InChI=1S/C14H22N4O2/c1-4-5-12-15-10(2)8-13(16-12)18-7-6-17(3)11(9-18)14(19)20/h8,11H,4-7,9H2,1-3H3,(H,19,20). The fraction of sp³-hybridized carbons (Fsp3) is 0.643. The van der Waals surface area contributed by atoms with Gasteiger partial charge in [-0.25, -0.2) is 9.97 Å². The molecule has 0 aliphatic carbocycles. The molecule has 1 aliphatic rings. The van der Waals surface area contributed by atoms with E-state index in [4.69, 9.17) is 0 Å². The summed E-state index contributed by atoms with van der Waals surface area (Å²) in [4.78, 5) is 24.2. The van der Waals surface area contributed by atoms with Gasteiger partial charge >= 0.3 is 5.97 Å². The van der Waals surface area contributed by atoms with Crippen molar-refractivity contribution in [1.29, 1.82) is 0 Å². The van der Waals surface area contributed by atoms with Crippen molar-refractivity contribution in [2.24, 2.45) is 0 Å². The van der Waals surface area contributed by atoms with Gasteiger partial charge in [0.05, 0.1) is 0 Å². The van der Waals surface area contributed by atoms with Gasteiger partial charge in [0.1, 0.15) is 17.7 Å². The number of carbonyl (C=O) groups is 1. The van der Waals surface area contributed by atoms with E-state index in [0.29, 0.717) is 6.54 Å². The topological polar surface area (TPSA) is 69.6 Å². The lowest BCUT2D eigenvalue weighted by Gasteiger charge is -2.37. The molecule has 0 amide bonds. The Hall–Kier alpha value is -1.69. The van der Waals surface area contributed by atoms with Crippen LogP contribution in [0.2, 0.25) is 0 Å². The molecule has 20 heavy (non-hydrogen) atoms. The Kier molecular flexibility index (Phi) is 4.54. The second-order valence-corrected chi connectivity index (χ2v) is 5.31. The third kappa shape index (κ3) is 3.25. The number of aliphatic carboxylic acids is 1. The SMILES string of the molecule is CCCc1nc(C)cc(N2CCN(C)C(C(=O)O)C2)n1. The minimum Gasteiger partial charge on any atom is -0.480 e. The van der Waals surface area contributed by atoms with Gasteiger partial charge in [0.15, 0.2) is 0 Å². The van der Waals surface area contributed by atoms with Crippen molar-refractivity contribution in [2.75, 3.05) is 31.6 Å². The van der Waals surface area contributed by atoms with Crippen LogP contribution in [-0.4, -0.2) is 58.7 Å². The second-order valence-electron chi connectivity index (χ2n) is 5.31. The fourth-order valence-corrected chi connectivity index (χ4v) is 2.46. The lowest BCUT2D eigenvalue weighted by Crippen LogP contribution is -2.55. The van der Waals surface area contributed by atoms with Crippen LogP contribution in [0.5, 0.6) is 0 Å². The molecule has 2 heterocycles. The number of hydrogen-bond acceptors (Lipinski definition) is 5. The molecule has 0 radical (unpaired) electrons. The minimum atomic E-state index is -0.781. The molecule has 0 bridgehead atoms. The number of nitrogens with zero attached hydrogens (tertiary/aromatic N) is 4. The Morgan fingerprint density at radius 2 is 2.20 bits per heavy atom. The number of piperazine rings is 1. The van der Waals surface area contributed by atoms with Crippen LogP contribution in [-0.2, 0) is 11.2 Å². The van der Waals surface area contributed by atoms with Gasteiger partial charge in [0.2, 0.25) is 0 Å². The first-order valence-corrected chi connectivity index (χ1v) is 7.03. The van der Waals surface area contributed by atoms with Gasteiger partial charge in [0.25, 0.3) is 0 Å². The van der Waals surface area contributed by atoms with Crippen LogP contribution < -0.4 is 4.90 Å². The molecule has 1 fully saturated rings. The predicted octanol–water partition coefficient (Wildman–Crippen LogP) is 0.943. The summed E-state index contributed by atoms with van der Waals surface area (Å²) in [5, 5.41) is 9.27. The summed E-state index contributed by atoms with van der Waals surface area (Å²) in [6, 6.07) is 1.46. The Balaban J connectivity index is 2.20. The number of likely N-dealkylation sites (N-methyl/N-ethyl adjacent to an activating group) is 1. The summed E-state index contributed by atoms with van der Waals surface area (Å²) < 4.78 is 0. The Labute approximate surface area is 119 Å². The van der Waals surface area contributed by atoms with Crippen LogP contribution in [0.1, 0.15) is 24.9 Å². The number of anilines is 1. The second kappa shape index (κ2) is 6.17. The van der Waals surface area contributed by atoms with Crippen LogP contribution in [0.15, 0.2) is 6.07 Å². The molecule has 1 N–H and O–H groups in total. The summed E-state index contributed by atoms with van der Waals surface area (Å²) >= 11 is 0. The van der Waals surface area contributed by atoms with E-state index in [1.54, 1.807) is 0 Å². The van der Waals surface area contributed by atoms with Crippen molar-refractivity contribution < 1.29 is 9.90 Å². The molecule has 1 saturated heterocycles. The van der Waals surface area contributed by atoms with Gasteiger partial charge in [-0.05, 0) is 20.4 Å². The van der Waals surface area contributed by atoms with Crippen molar-refractivity contribution in [3.05, 3.63) is 17.6 Å². The number of aryl methyl sites for hydroxylation is 2. The fourth-order valence-electron chi connectivity index (χ4n) is 2.46. The van der Waals surface area contributed by atoms with Crippen molar-refractivity contribution >= 4 is 11.8 Å². The van der Waals surface area contributed by atoms with Crippen molar-refractivity contribution in [2.45, 2.75) is 32.7 Å². The summed E-state index contributed by atoms with van der Waals surface area (Å²) in [5.74, 6) is 0.908. The highest BCUT2D eigenvalue weighted by Gasteiger charge is 2.30. The predicted molar refractivity (Wildman–Crippen MR) is 77.0 cm³/mol. The van der Waals surface area contributed by atoms with E-state index in [0.717, 1.165) is 43.3 Å². The molecule has 110 valence electrons. The lowest BCUT2D eigenvalue weighted by atomic mass is 10.2. The van der Waals surface area contributed by atoms with Crippen LogP contribution in [0.4, 0.5) is 5.82 Å². The maximum atomic E-state index is 11.3. The zero-order chi connectivity index (χ0) is 14.7. The first-order valence-electron chi connectivity index (χ1n) is 7.03. The van der Waals surface area contributed by atoms with Crippen molar-refractivity contribution in [3.8, 4) is 0 Å². The normalized spacial score (nSPS) is 20.1. The highest BCUT2D eigenvalue weighted by atomic mass is 16.4. The molecule has 1 unspecified atom stereocenters. The van der Waals surface area contributed by atoms with Gasteiger partial charge in [-0.15, -0.1) is 0 Å². The molecular formula is C14H22N4O2. The first-order chi connectivity index (χ1) is 9.51. The van der Waals surface area contributed by atoms with Crippen molar-refractivity contribution in [1.82, 2.24) is 14.9 Å². The Morgan fingerprint density at radius 3 is 2.85 bits per heavy atom. The molecule has 0 saturated carbocycles. The van der Waals surface area contributed by atoms with E-state index in [9.17, 15) is 9.90 Å². The maximum Gasteiger partial charge on any atom is 0.322 e. The molecule has 1 aliphatic heterocycles.